The summed E-state index contributed by atoms with van der Waals surface area (Å²) in [6.45, 7) is 0. The maximum Gasteiger partial charge on any atom is 0.177 e. The lowest BCUT2D eigenvalue weighted by Gasteiger charge is -2.01. The summed E-state index contributed by atoms with van der Waals surface area (Å²) in [4.78, 5) is 3.86. The van der Waals surface area contributed by atoms with Gasteiger partial charge in [0.15, 0.2) is 9.84 Å². The van der Waals surface area contributed by atoms with Crippen molar-refractivity contribution < 1.29 is 13.6 Å². The Bertz CT molecular complexity index is 440. The molecule has 1 aromatic carbocycles. The molecule has 0 atom stereocenters. The Balaban J connectivity index is 3.24. The van der Waals surface area contributed by atoms with Crippen LogP contribution in [0, 0.1) is 0 Å². The molecule has 1 aromatic rings. The minimum Gasteiger partial charge on any atom is -0.290 e. The maximum atomic E-state index is 11.3. The molecule has 0 aliphatic heterocycles. The molecule has 14 heavy (non-hydrogen) atoms. The molecular weight excluding hydrogens is 204 g/mol. The number of benzene rings is 1. The normalized spacial score (nSPS) is 11.9. The van der Waals surface area contributed by atoms with Gasteiger partial charge in [-0.05, 0) is 12.1 Å². The van der Waals surface area contributed by atoms with Gasteiger partial charge in [-0.1, -0.05) is 12.1 Å². The molecule has 0 amide bonds. The standard InChI is InChI=1S/C8H10N2O3S/c1-14(12,13)8-5-3-2-4-7(8)9-6-10-11/h2-6,11H,1H3,(H,9,10). The van der Waals surface area contributed by atoms with Crippen LogP contribution in [-0.2, 0) is 9.84 Å². The van der Waals surface area contributed by atoms with Crippen molar-refractivity contribution >= 4 is 21.9 Å². The van der Waals surface area contributed by atoms with E-state index >= 15 is 0 Å². The lowest BCUT2D eigenvalue weighted by atomic mass is 10.3. The first-order chi connectivity index (χ1) is 6.55. The van der Waals surface area contributed by atoms with Gasteiger partial charge < -0.3 is 0 Å². The van der Waals surface area contributed by atoms with E-state index in [1.165, 1.54) is 6.07 Å². The number of hydrogen-bond donors (Lipinski definition) is 2. The largest absolute Gasteiger partial charge is 0.290 e. The van der Waals surface area contributed by atoms with Crippen LogP contribution >= 0.6 is 0 Å². The minimum absolute atomic E-state index is 0.131. The number of sulfone groups is 1. The van der Waals surface area contributed by atoms with Crippen LogP contribution in [0.5, 0.6) is 0 Å². The average Bonchev–Trinajstić information content (AvgIpc) is 2.14. The third-order valence-corrected chi connectivity index (χ3v) is 2.67. The number of hydrogen-bond acceptors (Lipinski definition) is 4. The van der Waals surface area contributed by atoms with Crippen LogP contribution < -0.4 is 5.48 Å². The van der Waals surface area contributed by atoms with E-state index in [1.807, 2.05) is 0 Å². The molecule has 0 spiro atoms. The summed E-state index contributed by atoms with van der Waals surface area (Å²) >= 11 is 0. The second-order valence-corrected chi connectivity index (χ2v) is 4.61. The molecule has 0 bridgehead atoms. The van der Waals surface area contributed by atoms with Crippen molar-refractivity contribution in [3.63, 3.8) is 0 Å². The van der Waals surface area contributed by atoms with Crippen molar-refractivity contribution in [1.82, 2.24) is 5.48 Å². The van der Waals surface area contributed by atoms with Crippen LogP contribution in [0.2, 0.25) is 0 Å². The molecule has 0 saturated heterocycles. The predicted molar refractivity (Wildman–Crippen MR) is 52.6 cm³/mol. The fraction of sp³-hybridized carbons (Fsp3) is 0.125. The van der Waals surface area contributed by atoms with Gasteiger partial charge >= 0.3 is 0 Å². The van der Waals surface area contributed by atoms with E-state index in [4.69, 9.17) is 5.21 Å². The van der Waals surface area contributed by atoms with Crippen LogP contribution in [0.25, 0.3) is 0 Å². The van der Waals surface area contributed by atoms with Gasteiger partial charge in [0.25, 0.3) is 0 Å². The summed E-state index contributed by atoms with van der Waals surface area (Å²) in [6.07, 6.45) is 2.11. The first-order valence-electron chi connectivity index (χ1n) is 3.77. The molecule has 6 heteroatoms. The Morgan fingerprint density at radius 1 is 1.43 bits per heavy atom. The van der Waals surface area contributed by atoms with Gasteiger partial charge in [-0.3, -0.25) is 10.7 Å². The lowest BCUT2D eigenvalue weighted by molar-refractivity contribution is 0.240. The Morgan fingerprint density at radius 2 is 2.07 bits per heavy atom. The zero-order chi connectivity index (χ0) is 10.6. The molecule has 0 aromatic heterocycles. The highest BCUT2D eigenvalue weighted by atomic mass is 32.2. The summed E-state index contributed by atoms with van der Waals surface area (Å²) < 4.78 is 22.5. The topological polar surface area (TPSA) is 78.8 Å². The summed E-state index contributed by atoms with van der Waals surface area (Å²) in [5, 5.41) is 8.27. The van der Waals surface area contributed by atoms with Gasteiger partial charge in [0.2, 0.25) is 0 Å². The number of nitrogens with one attached hydrogen (secondary N) is 1. The highest BCUT2D eigenvalue weighted by Gasteiger charge is 2.10. The number of para-hydroxylation sites is 1. The van der Waals surface area contributed by atoms with Crippen molar-refractivity contribution in [2.24, 2.45) is 4.99 Å². The van der Waals surface area contributed by atoms with E-state index < -0.39 is 9.84 Å². The highest BCUT2D eigenvalue weighted by Crippen LogP contribution is 2.22. The second-order valence-electron chi connectivity index (χ2n) is 2.63. The SMILES string of the molecule is CS(=O)(=O)c1ccccc1N=CNO. The van der Waals surface area contributed by atoms with Crippen LogP contribution in [-0.4, -0.2) is 26.2 Å². The smallest absolute Gasteiger partial charge is 0.177 e. The zero-order valence-corrected chi connectivity index (χ0v) is 8.32. The van der Waals surface area contributed by atoms with E-state index in [0.29, 0.717) is 0 Å². The van der Waals surface area contributed by atoms with Gasteiger partial charge in [-0.2, -0.15) is 0 Å². The van der Waals surface area contributed by atoms with Crippen molar-refractivity contribution in [3.05, 3.63) is 24.3 Å². The van der Waals surface area contributed by atoms with Crippen LogP contribution in [0.15, 0.2) is 34.2 Å². The number of nitrogens with zero attached hydrogens (tertiary/aromatic N) is 1. The molecule has 0 fully saturated rings. The van der Waals surface area contributed by atoms with Crippen LogP contribution in [0.4, 0.5) is 5.69 Å². The van der Waals surface area contributed by atoms with E-state index in [-0.39, 0.29) is 10.6 Å². The van der Waals surface area contributed by atoms with E-state index in [2.05, 4.69) is 4.99 Å². The monoisotopic (exact) mass is 214 g/mol. The predicted octanol–water partition coefficient (Wildman–Crippen LogP) is 0.729. The Morgan fingerprint density at radius 3 is 2.64 bits per heavy atom. The van der Waals surface area contributed by atoms with Crippen molar-refractivity contribution in [3.8, 4) is 0 Å². The first kappa shape index (κ1) is 10.7. The Kier molecular flexibility index (Phi) is 3.21. The summed E-state index contributed by atoms with van der Waals surface area (Å²) in [5.41, 5.74) is 2.00. The Labute approximate surface area is 82.0 Å². The molecule has 0 radical (unpaired) electrons. The molecule has 0 heterocycles. The number of aliphatic imine (C=N–C) groups is 1. The molecule has 0 saturated carbocycles. The van der Waals surface area contributed by atoms with Crippen LogP contribution in [0.3, 0.4) is 0 Å². The quantitative estimate of drug-likeness (QED) is 0.441. The maximum absolute atomic E-state index is 11.3. The average molecular weight is 214 g/mol. The molecule has 0 unspecified atom stereocenters. The van der Waals surface area contributed by atoms with Crippen molar-refractivity contribution in [2.45, 2.75) is 4.90 Å². The molecule has 2 N–H and O–H groups in total. The first-order valence-corrected chi connectivity index (χ1v) is 5.66. The van der Waals surface area contributed by atoms with Crippen molar-refractivity contribution in [1.29, 1.82) is 0 Å². The van der Waals surface area contributed by atoms with Gasteiger partial charge in [-0.15, -0.1) is 0 Å². The molecule has 0 aliphatic rings. The van der Waals surface area contributed by atoms with Crippen LogP contribution in [0.1, 0.15) is 0 Å². The molecule has 5 nitrogen and oxygen atoms in total. The lowest BCUT2D eigenvalue weighted by Crippen LogP contribution is -2.02. The van der Waals surface area contributed by atoms with Gasteiger partial charge in [0, 0.05) is 6.26 Å². The van der Waals surface area contributed by atoms with E-state index in [9.17, 15) is 8.42 Å². The van der Waals surface area contributed by atoms with Gasteiger partial charge in [0.1, 0.15) is 6.34 Å². The fourth-order valence-corrected chi connectivity index (χ4v) is 1.80. The second kappa shape index (κ2) is 4.21. The van der Waals surface area contributed by atoms with Crippen molar-refractivity contribution in [2.75, 3.05) is 6.26 Å². The van der Waals surface area contributed by atoms with Gasteiger partial charge in [0.05, 0.1) is 10.6 Å². The Hall–Kier alpha value is -1.40. The third-order valence-electron chi connectivity index (χ3n) is 1.53. The summed E-state index contributed by atoms with van der Waals surface area (Å²) in [7, 11) is -3.29. The number of hydroxylamine groups is 1. The third kappa shape index (κ3) is 2.54. The van der Waals surface area contributed by atoms with E-state index in [0.717, 1.165) is 12.6 Å². The number of rotatable bonds is 3. The zero-order valence-electron chi connectivity index (χ0n) is 7.51. The van der Waals surface area contributed by atoms with E-state index in [1.54, 1.807) is 23.7 Å². The molecular formula is C8H10N2O3S. The summed E-state index contributed by atoms with van der Waals surface area (Å²) in [5.74, 6) is 0. The highest BCUT2D eigenvalue weighted by molar-refractivity contribution is 7.90. The molecule has 76 valence electrons. The molecule has 0 aliphatic carbocycles. The molecule has 1 rings (SSSR count). The summed E-state index contributed by atoms with van der Waals surface area (Å²) in [6, 6.07) is 6.28. The minimum atomic E-state index is -3.29. The van der Waals surface area contributed by atoms with Gasteiger partial charge in [-0.25, -0.2) is 13.4 Å². The fourth-order valence-electron chi connectivity index (χ4n) is 0.976.